The molecule has 0 aliphatic rings. The van der Waals surface area contributed by atoms with Crippen LogP contribution in [-0.4, -0.2) is 0 Å². The van der Waals surface area contributed by atoms with Crippen molar-refractivity contribution in [2.24, 2.45) is 0 Å². The minimum Gasteiger partial charge on any atom is -0.456 e. The second-order valence-electron chi connectivity index (χ2n) is 12.2. The van der Waals surface area contributed by atoms with Crippen LogP contribution in [-0.2, 0) is 0 Å². The molecule has 0 bridgehead atoms. The van der Waals surface area contributed by atoms with E-state index in [0.717, 1.165) is 50.1 Å². The van der Waals surface area contributed by atoms with Crippen LogP contribution >= 0.6 is 0 Å². The molecule has 0 spiro atoms. The van der Waals surface area contributed by atoms with Crippen molar-refractivity contribution in [1.82, 2.24) is 0 Å². The average molecular weight is 614 g/mol. The molecule has 0 aliphatic carbocycles. The fourth-order valence-corrected chi connectivity index (χ4v) is 6.94. The number of rotatable bonds is 6. The lowest BCUT2D eigenvalue weighted by molar-refractivity contribution is 0.669. The van der Waals surface area contributed by atoms with Crippen LogP contribution in [0.1, 0.15) is 0 Å². The van der Waals surface area contributed by atoms with Gasteiger partial charge in [0.25, 0.3) is 0 Å². The molecule has 1 aromatic heterocycles. The van der Waals surface area contributed by atoms with Crippen molar-refractivity contribution in [2.45, 2.75) is 0 Å². The number of nitrogens with zero attached hydrogens (tertiary/aromatic N) is 1. The smallest absolute Gasteiger partial charge is 0.138 e. The van der Waals surface area contributed by atoms with E-state index < -0.39 is 0 Å². The van der Waals surface area contributed by atoms with Crippen molar-refractivity contribution in [1.29, 1.82) is 0 Å². The van der Waals surface area contributed by atoms with Gasteiger partial charge in [-0.1, -0.05) is 146 Å². The fourth-order valence-electron chi connectivity index (χ4n) is 6.94. The van der Waals surface area contributed by atoms with Crippen LogP contribution in [0.15, 0.2) is 192 Å². The van der Waals surface area contributed by atoms with Crippen LogP contribution < -0.4 is 4.90 Å². The number of hydrogen-bond acceptors (Lipinski definition) is 2. The maximum Gasteiger partial charge on any atom is 0.138 e. The normalized spacial score (nSPS) is 11.3. The molecule has 0 fully saturated rings. The van der Waals surface area contributed by atoms with E-state index >= 15 is 0 Å². The van der Waals surface area contributed by atoms with Crippen molar-refractivity contribution in [3.63, 3.8) is 0 Å². The number of hydrogen-bond donors (Lipinski definition) is 0. The van der Waals surface area contributed by atoms with Gasteiger partial charge in [0.1, 0.15) is 11.2 Å². The predicted octanol–water partition coefficient (Wildman–Crippen LogP) is 13.2. The third kappa shape index (κ3) is 4.92. The molecule has 0 aliphatic heterocycles. The molecule has 0 N–H and O–H groups in total. The Hall–Kier alpha value is -6.38. The van der Waals surface area contributed by atoms with Crippen LogP contribution in [0.25, 0.3) is 66.1 Å². The largest absolute Gasteiger partial charge is 0.456 e. The highest BCUT2D eigenvalue weighted by Crippen LogP contribution is 2.45. The lowest BCUT2D eigenvalue weighted by Gasteiger charge is -2.26. The Balaban J connectivity index is 1.27. The van der Waals surface area contributed by atoms with Gasteiger partial charge in [0.15, 0.2) is 0 Å². The molecular weight excluding hydrogens is 583 g/mol. The van der Waals surface area contributed by atoms with E-state index in [0.29, 0.717) is 0 Å². The van der Waals surface area contributed by atoms with E-state index in [1.165, 1.54) is 33.0 Å². The molecule has 0 radical (unpaired) electrons. The number of fused-ring (bicyclic) bond motifs is 5. The number of anilines is 3. The second-order valence-corrected chi connectivity index (χ2v) is 12.2. The quantitative estimate of drug-likeness (QED) is 0.185. The van der Waals surface area contributed by atoms with E-state index in [4.69, 9.17) is 4.42 Å². The number of benzene rings is 8. The monoisotopic (exact) mass is 613 g/mol. The first kappa shape index (κ1) is 27.9. The molecule has 0 amide bonds. The van der Waals surface area contributed by atoms with Crippen LogP contribution in [0.4, 0.5) is 17.1 Å². The van der Waals surface area contributed by atoms with Crippen LogP contribution in [0.2, 0.25) is 0 Å². The number of furan rings is 1. The third-order valence-electron chi connectivity index (χ3n) is 9.26. The molecule has 2 heteroatoms. The minimum atomic E-state index is 0.865. The van der Waals surface area contributed by atoms with Crippen molar-refractivity contribution in [2.75, 3.05) is 4.90 Å². The van der Waals surface area contributed by atoms with Gasteiger partial charge in [-0.2, -0.15) is 0 Å². The maximum absolute atomic E-state index is 6.71. The van der Waals surface area contributed by atoms with Gasteiger partial charge >= 0.3 is 0 Å². The highest BCUT2D eigenvalue weighted by molar-refractivity contribution is 6.23. The summed E-state index contributed by atoms with van der Waals surface area (Å²) in [7, 11) is 0. The maximum atomic E-state index is 6.71. The summed E-state index contributed by atoms with van der Waals surface area (Å²) in [5, 5.41) is 4.69. The van der Waals surface area contributed by atoms with E-state index in [9.17, 15) is 0 Å². The Bertz CT molecular complexity index is 2430. The molecule has 226 valence electrons. The van der Waals surface area contributed by atoms with Crippen LogP contribution in [0, 0.1) is 0 Å². The minimum absolute atomic E-state index is 0.865. The highest BCUT2D eigenvalue weighted by Gasteiger charge is 2.21. The molecule has 0 atom stereocenters. The van der Waals surface area contributed by atoms with Gasteiger partial charge in [-0.15, -0.1) is 0 Å². The van der Waals surface area contributed by atoms with Gasteiger partial charge in [-0.25, -0.2) is 0 Å². The van der Waals surface area contributed by atoms with Gasteiger partial charge in [0, 0.05) is 28.2 Å². The van der Waals surface area contributed by atoms with Gasteiger partial charge in [-0.3, -0.25) is 0 Å². The van der Waals surface area contributed by atoms with Gasteiger partial charge < -0.3 is 9.32 Å². The van der Waals surface area contributed by atoms with E-state index in [1.807, 2.05) is 0 Å². The summed E-state index contributed by atoms with van der Waals surface area (Å²) >= 11 is 0. The van der Waals surface area contributed by atoms with Gasteiger partial charge in [0.2, 0.25) is 0 Å². The molecule has 8 aromatic carbocycles. The molecule has 2 nitrogen and oxygen atoms in total. The highest BCUT2D eigenvalue weighted by atomic mass is 16.3. The molecule has 1 heterocycles. The molecule has 9 aromatic rings. The summed E-state index contributed by atoms with van der Waals surface area (Å²) in [6.45, 7) is 0. The lowest BCUT2D eigenvalue weighted by atomic mass is 9.95. The summed E-state index contributed by atoms with van der Waals surface area (Å²) in [6.07, 6.45) is 0. The van der Waals surface area contributed by atoms with Crippen molar-refractivity contribution < 1.29 is 4.42 Å². The Morgan fingerprint density at radius 2 is 0.833 bits per heavy atom. The molecule has 0 unspecified atom stereocenters. The standard InChI is InChI=1S/C46H31NO/c1-4-12-32(13-5-1)34-20-25-38(26-21-34)47(39-27-22-35(23-28-39)33-14-6-2-7-15-33)40-30-42(36-16-8-3-9-17-36)46-44(31-40)48-43-29-24-37-18-10-11-19-41(37)45(43)46/h1-31H. The molecule has 0 saturated carbocycles. The Morgan fingerprint density at radius 1 is 0.333 bits per heavy atom. The Kier molecular flexibility index (Phi) is 6.84. The van der Waals surface area contributed by atoms with E-state index in [-0.39, 0.29) is 0 Å². The summed E-state index contributed by atoms with van der Waals surface area (Å²) in [6, 6.07) is 66.8. The first-order valence-corrected chi connectivity index (χ1v) is 16.3. The van der Waals surface area contributed by atoms with Gasteiger partial charge in [0.05, 0.1) is 5.69 Å². The van der Waals surface area contributed by atoms with E-state index in [2.05, 4.69) is 193 Å². The lowest BCUT2D eigenvalue weighted by Crippen LogP contribution is -2.10. The summed E-state index contributed by atoms with van der Waals surface area (Å²) in [5.41, 5.74) is 12.0. The summed E-state index contributed by atoms with van der Waals surface area (Å²) in [5.74, 6) is 0. The zero-order valence-corrected chi connectivity index (χ0v) is 26.3. The van der Waals surface area contributed by atoms with Crippen molar-refractivity contribution in [3.05, 3.63) is 188 Å². The average Bonchev–Trinajstić information content (AvgIpc) is 3.55. The van der Waals surface area contributed by atoms with Crippen molar-refractivity contribution in [3.8, 4) is 33.4 Å². The summed E-state index contributed by atoms with van der Waals surface area (Å²) in [4.78, 5) is 2.33. The topological polar surface area (TPSA) is 16.4 Å². The summed E-state index contributed by atoms with van der Waals surface area (Å²) < 4.78 is 6.71. The SMILES string of the molecule is c1ccc(-c2ccc(N(c3ccc(-c4ccccc4)cc3)c3cc(-c4ccccc4)c4c(c3)oc3ccc5ccccc5c34)cc2)cc1. The molecule has 0 saturated heterocycles. The third-order valence-corrected chi connectivity index (χ3v) is 9.26. The first-order chi connectivity index (χ1) is 23.8. The van der Waals surface area contributed by atoms with Crippen LogP contribution in [0.3, 0.4) is 0 Å². The Morgan fingerprint density at radius 3 is 1.42 bits per heavy atom. The fraction of sp³-hybridized carbons (Fsp3) is 0. The zero-order chi connectivity index (χ0) is 31.9. The predicted molar refractivity (Wildman–Crippen MR) is 202 cm³/mol. The van der Waals surface area contributed by atoms with Crippen LogP contribution in [0.5, 0.6) is 0 Å². The van der Waals surface area contributed by atoms with E-state index in [1.54, 1.807) is 0 Å². The second kappa shape index (κ2) is 11.8. The molecular formula is C46H31NO. The molecule has 9 rings (SSSR count). The Labute approximate surface area is 279 Å². The molecule has 48 heavy (non-hydrogen) atoms. The zero-order valence-electron chi connectivity index (χ0n) is 26.3. The van der Waals surface area contributed by atoms with Gasteiger partial charge in [-0.05, 0) is 80.6 Å². The first-order valence-electron chi connectivity index (χ1n) is 16.3. The van der Waals surface area contributed by atoms with Crippen molar-refractivity contribution >= 4 is 49.8 Å².